The molecule has 2 aliphatic heterocycles. The normalized spacial score (nSPS) is 21.8. The molecule has 2 N–H and O–H groups in total. The van der Waals surface area contributed by atoms with Crippen LogP contribution in [0, 0.1) is 0 Å². The molecule has 2 aliphatic rings. The summed E-state index contributed by atoms with van der Waals surface area (Å²) in [5, 5.41) is 6.50. The highest BCUT2D eigenvalue weighted by Crippen LogP contribution is 2.15. The molecule has 1 atom stereocenters. The number of nitrogens with zero attached hydrogens (tertiary/aromatic N) is 3. The number of hydrogen-bond acceptors (Lipinski definition) is 5. The molecule has 2 fully saturated rings. The monoisotopic (exact) mass is 549 g/mol. The first-order chi connectivity index (χ1) is 14.1. The molecule has 2 saturated heterocycles. The van der Waals surface area contributed by atoms with Gasteiger partial charge in [-0.05, 0) is 44.9 Å². The minimum Gasteiger partial charge on any atom is -0.369 e. The van der Waals surface area contributed by atoms with Crippen LogP contribution in [0.3, 0.4) is 0 Å². The molecule has 1 aromatic carbocycles. The van der Waals surface area contributed by atoms with Crippen LogP contribution in [-0.4, -0.2) is 82.6 Å². The molecule has 3 rings (SSSR count). The first-order valence-corrected chi connectivity index (χ1v) is 12.7. The largest absolute Gasteiger partial charge is 0.369 e. The van der Waals surface area contributed by atoms with Gasteiger partial charge in [0.05, 0.1) is 11.5 Å². The summed E-state index contributed by atoms with van der Waals surface area (Å²) < 4.78 is 23.2. The Labute approximate surface area is 198 Å². The highest BCUT2D eigenvalue weighted by Gasteiger charge is 2.28. The summed E-state index contributed by atoms with van der Waals surface area (Å²) in [5.41, 5.74) is 1.32. The van der Waals surface area contributed by atoms with Crippen molar-refractivity contribution in [1.82, 2.24) is 15.5 Å². The quantitative estimate of drug-likeness (QED) is 0.224. The molecule has 0 radical (unpaired) electrons. The molecule has 30 heavy (non-hydrogen) atoms. The smallest absolute Gasteiger partial charge is 0.191 e. The number of hydrogen-bond donors (Lipinski definition) is 2. The molecule has 170 valence electrons. The predicted molar refractivity (Wildman–Crippen MR) is 136 cm³/mol. The van der Waals surface area contributed by atoms with E-state index in [-0.39, 0.29) is 41.5 Å². The molecule has 1 aromatic rings. The van der Waals surface area contributed by atoms with Crippen molar-refractivity contribution in [2.24, 2.45) is 4.99 Å². The first kappa shape index (κ1) is 25.2. The third kappa shape index (κ3) is 8.22. The van der Waals surface area contributed by atoms with E-state index in [1.165, 1.54) is 5.69 Å². The highest BCUT2D eigenvalue weighted by atomic mass is 127. The zero-order valence-electron chi connectivity index (χ0n) is 17.9. The molecule has 0 amide bonds. The standard InChI is InChI=1S/C21H35N5O2S.HI/c1-2-22-21(24-19-10-17-29(27,28)18-19)23-11-6-7-12-25-13-15-26(16-14-25)20-8-4-3-5-9-20;/h3-5,8-9,19H,2,6-7,10-18H2,1H3,(H2,22,23,24);1H. The topological polar surface area (TPSA) is 77.0 Å². The number of anilines is 1. The number of guanidine groups is 1. The van der Waals surface area contributed by atoms with Gasteiger partial charge < -0.3 is 15.5 Å². The van der Waals surface area contributed by atoms with Gasteiger partial charge in [-0.2, -0.15) is 0 Å². The van der Waals surface area contributed by atoms with Gasteiger partial charge in [-0.15, -0.1) is 24.0 Å². The van der Waals surface area contributed by atoms with Crippen LogP contribution in [0.5, 0.6) is 0 Å². The zero-order chi connectivity index (χ0) is 20.5. The Kier molecular flexibility index (Phi) is 10.7. The first-order valence-electron chi connectivity index (χ1n) is 10.8. The van der Waals surface area contributed by atoms with Gasteiger partial charge in [0.2, 0.25) is 0 Å². The Hall–Kier alpha value is -1.07. The van der Waals surface area contributed by atoms with E-state index in [1.54, 1.807) is 0 Å². The molecular formula is C21H36IN5O2S. The number of piperazine rings is 1. The van der Waals surface area contributed by atoms with Crippen LogP contribution in [0.15, 0.2) is 35.3 Å². The average molecular weight is 550 g/mol. The second-order valence-corrected chi connectivity index (χ2v) is 10.1. The van der Waals surface area contributed by atoms with E-state index in [2.05, 4.69) is 55.8 Å². The van der Waals surface area contributed by atoms with Gasteiger partial charge in [-0.25, -0.2) is 8.42 Å². The second kappa shape index (κ2) is 12.7. The maximum atomic E-state index is 11.6. The summed E-state index contributed by atoms with van der Waals surface area (Å²) in [6.45, 7) is 9.06. The van der Waals surface area contributed by atoms with Crippen LogP contribution in [0.2, 0.25) is 0 Å². The van der Waals surface area contributed by atoms with Gasteiger partial charge in [-0.3, -0.25) is 9.89 Å². The lowest BCUT2D eigenvalue weighted by molar-refractivity contribution is 0.253. The Morgan fingerprint density at radius 1 is 1.13 bits per heavy atom. The third-order valence-electron chi connectivity index (χ3n) is 5.56. The summed E-state index contributed by atoms with van der Waals surface area (Å²) in [7, 11) is -2.87. The van der Waals surface area contributed by atoms with Gasteiger partial charge in [0.15, 0.2) is 15.8 Å². The summed E-state index contributed by atoms with van der Waals surface area (Å²) in [5.74, 6) is 1.24. The van der Waals surface area contributed by atoms with Crippen molar-refractivity contribution in [2.75, 3.05) is 62.2 Å². The number of rotatable bonds is 8. The Morgan fingerprint density at radius 2 is 1.87 bits per heavy atom. The Bertz CT molecular complexity index is 752. The fourth-order valence-corrected chi connectivity index (χ4v) is 5.60. The van der Waals surface area contributed by atoms with Gasteiger partial charge >= 0.3 is 0 Å². The number of para-hydroxylation sites is 1. The lowest BCUT2D eigenvalue weighted by Crippen LogP contribution is -2.46. The van der Waals surface area contributed by atoms with E-state index < -0.39 is 9.84 Å². The van der Waals surface area contributed by atoms with Crippen LogP contribution < -0.4 is 15.5 Å². The van der Waals surface area contributed by atoms with Gasteiger partial charge in [0, 0.05) is 51.0 Å². The molecule has 2 heterocycles. The summed E-state index contributed by atoms with van der Waals surface area (Å²) in [4.78, 5) is 9.63. The Morgan fingerprint density at radius 3 is 2.50 bits per heavy atom. The lowest BCUT2D eigenvalue weighted by atomic mass is 10.2. The summed E-state index contributed by atoms with van der Waals surface area (Å²) >= 11 is 0. The van der Waals surface area contributed by atoms with E-state index in [9.17, 15) is 8.42 Å². The molecule has 1 unspecified atom stereocenters. The van der Waals surface area contributed by atoms with Crippen LogP contribution in [0.1, 0.15) is 26.2 Å². The van der Waals surface area contributed by atoms with Crippen molar-refractivity contribution in [3.8, 4) is 0 Å². The van der Waals surface area contributed by atoms with E-state index in [0.717, 1.165) is 64.6 Å². The molecular weight excluding hydrogens is 513 g/mol. The van der Waals surface area contributed by atoms with Gasteiger partial charge in [0.1, 0.15) is 0 Å². The van der Waals surface area contributed by atoms with Crippen molar-refractivity contribution in [1.29, 1.82) is 0 Å². The van der Waals surface area contributed by atoms with Gasteiger partial charge in [0.25, 0.3) is 0 Å². The van der Waals surface area contributed by atoms with Crippen LogP contribution in [0.4, 0.5) is 5.69 Å². The number of benzene rings is 1. The number of unbranched alkanes of at least 4 members (excludes halogenated alkanes) is 1. The lowest BCUT2D eigenvalue weighted by Gasteiger charge is -2.36. The number of aliphatic imine (C=N–C) groups is 1. The number of halogens is 1. The summed E-state index contributed by atoms with van der Waals surface area (Å²) in [6.07, 6.45) is 2.84. The molecule has 0 aromatic heterocycles. The molecule has 7 nitrogen and oxygen atoms in total. The predicted octanol–water partition coefficient (Wildman–Crippen LogP) is 1.95. The Balaban J connectivity index is 0.00000320. The molecule has 0 spiro atoms. The van der Waals surface area contributed by atoms with Crippen molar-refractivity contribution in [2.45, 2.75) is 32.2 Å². The molecule has 0 bridgehead atoms. The minimum atomic E-state index is -2.87. The second-order valence-electron chi connectivity index (χ2n) is 7.88. The van der Waals surface area contributed by atoms with Crippen molar-refractivity contribution in [3.05, 3.63) is 30.3 Å². The third-order valence-corrected chi connectivity index (χ3v) is 7.33. The van der Waals surface area contributed by atoms with Crippen molar-refractivity contribution >= 4 is 45.5 Å². The fourth-order valence-electron chi connectivity index (χ4n) is 3.93. The van der Waals surface area contributed by atoms with E-state index in [4.69, 9.17) is 0 Å². The summed E-state index contributed by atoms with van der Waals surface area (Å²) in [6, 6.07) is 10.6. The average Bonchev–Trinajstić information content (AvgIpc) is 3.07. The van der Waals surface area contributed by atoms with Crippen LogP contribution in [0.25, 0.3) is 0 Å². The van der Waals surface area contributed by atoms with Gasteiger partial charge in [-0.1, -0.05) is 18.2 Å². The highest BCUT2D eigenvalue weighted by molar-refractivity contribution is 14.0. The van der Waals surface area contributed by atoms with E-state index >= 15 is 0 Å². The molecule has 0 saturated carbocycles. The molecule has 0 aliphatic carbocycles. The number of sulfone groups is 1. The zero-order valence-corrected chi connectivity index (χ0v) is 21.1. The van der Waals surface area contributed by atoms with Crippen molar-refractivity contribution < 1.29 is 8.42 Å². The van der Waals surface area contributed by atoms with E-state index in [1.807, 2.05) is 6.92 Å². The van der Waals surface area contributed by atoms with Crippen LogP contribution >= 0.6 is 24.0 Å². The fraction of sp³-hybridized carbons (Fsp3) is 0.667. The number of nitrogens with one attached hydrogen (secondary N) is 2. The minimum absolute atomic E-state index is 0. The maximum Gasteiger partial charge on any atom is 0.191 e. The SMILES string of the molecule is CCNC(=NCCCCN1CCN(c2ccccc2)CC1)NC1CCS(=O)(=O)C1.I. The van der Waals surface area contributed by atoms with Crippen LogP contribution in [-0.2, 0) is 9.84 Å². The van der Waals surface area contributed by atoms with E-state index in [0.29, 0.717) is 6.42 Å². The molecule has 9 heteroatoms. The van der Waals surface area contributed by atoms with Crippen molar-refractivity contribution in [3.63, 3.8) is 0 Å². The maximum absolute atomic E-state index is 11.6.